The molecule has 0 spiro atoms. The minimum atomic E-state index is -3.53. The van der Waals surface area contributed by atoms with Gasteiger partial charge in [0, 0.05) is 18.4 Å². The minimum Gasteiger partial charge on any atom is -0.469 e. The van der Waals surface area contributed by atoms with Gasteiger partial charge in [-0.05, 0) is 24.1 Å². The largest absolute Gasteiger partial charge is 0.469 e. The molecule has 0 aliphatic carbocycles. The van der Waals surface area contributed by atoms with Crippen LogP contribution in [0, 0.1) is 5.92 Å². The van der Waals surface area contributed by atoms with E-state index in [2.05, 4.69) is 20.7 Å². The van der Waals surface area contributed by atoms with E-state index >= 15 is 0 Å². The monoisotopic (exact) mass is 361 g/mol. The first-order valence-corrected chi connectivity index (χ1v) is 8.78. The zero-order chi connectivity index (χ0) is 14.8. The topological polar surface area (TPSA) is 63.7 Å². The number of hydrogen-bond acceptors (Lipinski definition) is 4. The number of halogens is 1. The van der Waals surface area contributed by atoms with Gasteiger partial charge in [-0.15, -0.1) is 0 Å². The molecule has 0 N–H and O–H groups in total. The summed E-state index contributed by atoms with van der Waals surface area (Å²) < 4.78 is 30.9. The van der Waals surface area contributed by atoms with Crippen LogP contribution in [0.2, 0.25) is 0 Å². The lowest BCUT2D eigenvalue weighted by Crippen LogP contribution is -2.30. The second-order valence-corrected chi connectivity index (χ2v) is 7.15. The quantitative estimate of drug-likeness (QED) is 0.605. The third-order valence-electron chi connectivity index (χ3n) is 3.40. The fraction of sp³-hybridized carbons (Fsp3) is 0.462. The average Bonchev–Trinajstić information content (AvgIpc) is 2.97. The van der Waals surface area contributed by atoms with E-state index in [-0.39, 0.29) is 23.3 Å². The summed E-state index contributed by atoms with van der Waals surface area (Å²) in [4.78, 5) is 11.7. The molecule has 1 saturated heterocycles. The molecular formula is C13H16BrNO4S. The van der Waals surface area contributed by atoms with E-state index in [1.165, 1.54) is 11.4 Å². The summed E-state index contributed by atoms with van der Waals surface area (Å²) in [7, 11) is -2.21. The van der Waals surface area contributed by atoms with Crippen molar-refractivity contribution in [2.45, 2.75) is 16.6 Å². The van der Waals surface area contributed by atoms with Crippen molar-refractivity contribution in [1.82, 2.24) is 4.31 Å². The summed E-state index contributed by atoms with van der Waals surface area (Å²) in [6.45, 7) is 0.539. The minimum absolute atomic E-state index is 0.190. The Balaban J connectivity index is 2.16. The lowest BCUT2D eigenvalue weighted by atomic mass is 10.1. The Morgan fingerprint density at radius 2 is 2.05 bits per heavy atom. The van der Waals surface area contributed by atoms with Crippen molar-refractivity contribution in [2.24, 2.45) is 5.92 Å². The van der Waals surface area contributed by atoms with Gasteiger partial charge in [0.2, 0.25) is 10.0 Å². The number of hydrogen-bond donors (Lipinski definition) is 0. The van der Waals surface area contributed by atoms with E-state index in [0.29, 0.717) is 18.3 Å². The highest BCUT2D eigenvalue weighted by Gasteiger charge is 2.36. The van der Waals surface area contributed by atoms with E-state index in [0.717, 1.165) is 5.56 Å². The fourth-order valence-corrected chi connectivity index (χ4v) is 4.08. The standard InChI is InChI=1S/C13H16BrNO4S/c1-19-13(16)11-6-7-15(9-11)20(17,18)12-4-2-10(8-14)3-5-12/h2-5,11H,6-9H2,1H3. The number of benzene rings is 1. The predicted molar refractivity (Wildman–Crippen MR) is 78.0 cm³/mol. The highest BCUT2D eigenvalue weighted by Crippen LogP contribution is 2.25. The van der Waals surface area contributed by atoms with Crippen molar-refractivity contribution in [3.63, 3.8) is 0 Å². The highest BCUT2D eigenvalue weighted by atomic mass is 79.9. The van der Waals surface area contributed by atoms with E-state index < -0.39 is 10.0 Å². The van der Waals surface area contributed by atoms with Crippen molar-refractivity contribution in [2.75, 3.05) is 20.2 Å². The predicted octanol–water partition coefficient (Wildman–Crippen LogP) is 1.77. The third-order valence-corrected chi connectivity index (χ3v) is 5.93. The molecular weight excluding hydrogens is 346 g/mol. The van der Waals surface area contributed by atoms with Crippen LogP contribution in [-0.4, -0.2) is 38.9 Å². The zero-order valence-corrected chi connectivity index (χ0v) is 13.5. The number of esters is 1. The van der Waals surface area contributed by atoms with Crippen molar-refractivity contribution < 1.29 is 17.9 Å². The van der Waals surface area contributed by atoms with Crippen molar-refractivity contribution in [3.8, 4) is 0 Å². The summed E-state index contributed by atoms with van der Waals surface area (Å²) in [6.07, 6.45) is 0.505. The van der Waals surface area contributed by atoms with E-state index in [1.807, 2.05) is 0 Å². The summed E-state index contributed by atoms with van der Waals surface area (Å²) in [5, 5.41) is 0.682. The average molecular weight is 362 g/mol. The van der Waals surface area contributed by atoms with E-state index in [1.54, 1.807) is 24.3 Å². The molecule has 0 aromatic heterocycles. The molecule has 1 aliphatic rings. The van der Waals surface area contributed by atoms with Crippen molar-refractivity contribution >= 4 is 31.9 Å². The molecule has 0 radical (unpaired) electrons. The van der Waals surface area contributed by atoms with Gasteiger partial charge in [-0.25, -0.2) is 8.42 Å². The second kappa shape index (κ2) is 6.24. The molecule has 1 unspecified atom stereocenters. The Bertz CT molecular complexity index is 585. The molecule has 1 heterocycles. The Kier molecular flexibility index (Phi) is 4.82. The Labute approximate surface area is 127 Å². The fourth-order valence-electron chi connectivity index (χ4n) is 2.21. The highest BCUT2D eigenvalue weighted by molar-refractivity contribution is 9.08. The Morgan fingerprint density at radius 1 is 1.40 bits per heavy atom. The van der Waals surface area contributed by atoms with Crippen LogP contribution < -0.4 is 0 Å². The van der Waals surface area contributed by atoms with Gasteiger partial charge in [-0.1, -0.05) is 28.1 Å². The first kappa shape index (κ1) is 15.5. The molecule has 0 saturated carbocycles. The van der Waals surface area contributed by atoms with Crippen LogP contribution >= 0.6 is 15.9 Å². The molecule has 20 heavy (non-hydrogen) atoms. The van der Waals surface area contributed by atoms with Gasteiger partial charge in [0.15, 0.2) is 0 Å². The van der Waals surface area contributed by atoms with E-state index in [4.69, 9.17) is 0 Å². The molecule has 1 atom stereocenters. The maximum Gasteiger partial charge on any atom is 0.310 e. The molecule has 1 aliphatic heterocycles. The molecule has 110 valence electrons. The van der Waals surface area contributed by atoms with Crippen molar-refractivity contribution in [3.05, 3.63) is 29.8 Å². The van der Waals surface area contributed by atoms with Crippen LogP contribution in [-0.2, 0) is 24.9 Å². The summed E-state index contributed by atoms with van der Waals surface area (Å²) in [5.74, 6) is -0.714. The van der Waals surface area contributed by atoms with E-state index in [9.17, 15) is 13.2 Å². The summed E-state index contributed by atoms with van der Waals surface area (Å²) in [6, 6.07) is 6.74. The molecule has 0 amide bonds. The molecule has 0 bridgehead atoms. The lowest BCUT2D eigenvalue weighted by molar-refractivity contribution is -0.144. The SMILES string of the molecule is COC(=O)C1CCN(S(=O)(=O)c2ccc(CBr)cc2)C1. The summed E-state index contributed by atoms with van der Waals surface area (Å²) >= 11 is 3.32. The van der Waals surface area contributed by atoms with Crippen LogP contribution in [0.5, 0.6) is 0 Å². The first-order chi connectivity index (χ1) is 9.48. The van der Waals surface area contributed by atoms with Gasteiger partial charge in [-0.3, -0.25) is 4.79 Å². The number of methoxy groups -OCH3 is 1. The number of nitrogens with zero attached hydrogens (tertiary/aromatic N) is 1. The number of ether oxygens (including phenoxy) is 1. The number of rotatable bonds is 4. The van der Waals surface area contributed by atoms with Crippen molar-refractivity contribution in [1.29, 1.82) is 0 Å². The number of alkyl halides is 1. The zero-order valence-electron chi connectivity index (χ0n) is 11.1. The van der Waals surface area contributed by atoms with Gasteiger partial charge in [0.25, 0.3) is 0 Å². The Morgan fingerprint density at radius 3 is 2.60 bits per heavy atom. The molecule has 1 fully saturated rings. The van der Waals surface area contributed by atoms with Crippen LogP contribution in [0.15, 0.2) is 29.2 Å². The van der Waals surface area contributed by atoms with Gasteiger partial charge in [0.1, 0.15) is 0 Å². The number of carbonyl (C=O) groups is 1. The molecule has 7 heteroatoms. The van der Waals surface area contributed by atoms with Crippen LogP contribution in [0.4, 0.5) is 0 Å². The van der Waals surface area contributed by atoms with Gasteiger partial charge in [-0.2, -0.15) is 4.31 Å². The molecule has 5 nitrogen and oxygen atoms in total. The second-order valence-electron chi connectivity index (χ2n) is 4.65. The van der Waals surface area contributed by atoms with Crippen LogP contribution in [0.25, 0.3) is 0 Å². The van der Waals surface area contributed by atoms with Crippen LogP contribution in [0.1, 0.15) is 12.0 Å². The molecule has 1 aromatic rings. The smallest absolute Gasteiger partial charge is 0.310 e. The summed E-state index contributed by atoms with van der Waals surface area (Å²) in [5.41, 5.74) is 1.01. The number of carbonyl (C=O) groups excluding carboxylic acids is 1. The normalized spacial score (nSPS) is 20.0. The molecule has 1 aromatic carbocycles. The number of sulfonamides is 1. The maximum absolute atomic E-state index is 12.5. The van der Waals surface area contributed by atoms with Gasteiger partial charge >= 0.3 is 5.97 Å². The molecule has 2 rings (SSSR count). The lowest BCUT2D eigenvalue weighted by Gasteiger charge is -2.16. The first-order valence-electron chi connectivity index (χ1n) is 6.22. The maximum atomic E-state index is 12.5. The Hall–Kier alpha value is -0.920. The van der Waals surface area contributed by atoms with Gasteiger partial charge < -0.3 is 4.74 Å². The third kappa shape index (κ3) is 3.05. The van der Waals surface area contributed by atoms with Gasteiger partial charge in [0.05, 0.1) is 17.9 Å². The van der Waals surface area contributed by atoms with Crippen LogP contribution in [0.3, 0.4) is 0 Å².